The lowest BCUT2D eigenvalue weighted by atomic mass is 10.1. The molecule has 19 heavy (non-hydrogen) atoms. The number of anilines is 1. The third-order valence-electron chi connectivity index (χ3n) is 3.33. The van der Waals surface area contributed by atoms with Crippen LogP contribution in [0.25, 0.3) is 6.08 Å². The largest absolute Gasteiger partial charge is 0.462 e. The molecule has 2 nitrogen and oxygen atoms in total. The summed E-state index contributed by atoms with van der Waals surface area (Å²) in [7, 11) is 4.09. The Bertz CT molecular complexity index is 533. The highest BCUT2D eigenvalue weighted by atomic mass is 16.5. The fourth-order valence-corrected chi connectivity index (χ4v) is 1.87. The van der Waals surface area contributed by atoms with Crippen LogP contribution < -0.4 is 4.90 Å². The predicted octanol–water partition coefficient (Wildman–Crippen LogP) is 4.36. The second-order valence-corrected chi connectivity index (χ2v) is 5.07. The highest BCUT2D eigenvalue weighted by Crippen LogP contribution is 2.22. The summed E-state index contributed by atoms with van der Waals surface area (Å²) in [6.45, 7) is 4.12. The van der Waals surface area contributed by atoms with Gasteiger partial charge in [0.15, 0.2) is 0 Å². The molecule has 0 unspecified atom stereocenters. The molecule has 1 aliphatic heterocycles. The molecule has 2 heteroatoms. The standard InChI is InChI=1S/C17H21NO/c1-13-5-11-17(19-14(13)2)12-8-15-6-9-16(10-7-15)18(3)4/h6-12H,5H2,1-4H3. The van der Waals surface area contributed by atoms with Crippen molar-refractivity contribution in [2.75, 3.05) is 19.0 Å². The molecule has 0 saturated heterocycles. The molecule has 0 fully saturated rings. The van der Waals surface area contributed by atoms with Gasteiger partial charge in [0.2, 0.25) is 0 Å². The highest BCUT2D eigenvalue weighted by Gasteiger charge is 2.06. The minimum Gasteiger partial charge on any atom is -0.462 e. The van der Waals surface area contributed by atoms with Crippen LogP contribution in [0.15, 0.2) is 53.5 Å². The van der Waals surface area contributed by atoms with E-state index in [0.29, 0.717) is 0 Å². The average Bonchev–Trinajstić information content (AvgIpc) is 2.40. The van der Waals surface area contributed by atoms with Crippen LogP contribution in [0.1, 0.15) is 25.8 Å². The summed E-state index contributed by atoms with van der Waals surface area (Å²) in [5.41, 5.74) is 3.69. The number of hydrogen-bond donors (Lipinski definition) is 0. The zero-order valence-corrected chi connectivity index (χ0v) is 12.1. The first-order valence-electron chi connectivity index (χ1n) is 6.56. The molecule has 0 aliphatic carbocycles. The SMILES string of the molecule is CC1=C(C)OC(C=Cc2ccc(N(C)C)cc2)=CC1. The van der Waals surface area contributed by atoms with Crippen molar-refractivity contribution in [3.8, 4) is 0 Å². The number of rotatable bonds is 3. The lowest BCUT2D eigenvalue weighted by Crippen LogP contribution is -2.07. The monoisotopic (exact) mass is 255 g/mol. The van der Waals surface area contributed by atoms with Crippen LogP contribution in [-0.4, -0.2) is 14.1 Å². The molecule has 0 radical (unpaired) electrons. The van der Waals surface area contributed by atoms with E-state index in [1.54, 1.807) is 0 Å². The zero-order valence-electron chi connectivity index (χ0n) is 12.1. The van der Waals surface area contributed by atoms with Crippen LogP contribution in [0.4, 0.5) is 5.69 Å². The van der Waals surface area contributed by atoms with Crippen molar-refractivity contribution in [2.24, 2.45) is 0 Å². The second kappa shape index (κ2) is 5.79. The molecule has 0 aromatic heterocycles. The quantitative estimate of drug-likeness (QED) is 0.795. The summed E-state index contributed by atoms with van der Waals surface area (Å²) in [6, 6.07) is 8.46. The van der Waals surface area contributed by atoms with Crippen LogP contribution in [0.5, 0.6) is 0 Å². The van der Waals surface area contributed by atoms with E-state index in [4.69, 9.17) is 4.74 Å². The van der Waals surface area contributed by atoms with Gasteiger partial charge in [-0.25, -0.2) is 0 Å². The van der Waals surface area contributed by atoms with Crippen molar-refractivity contribution < 1.29 is 4.74 Å². The lowest BCUT2D eigenvalue weighted by molar-refractivity contribution is 0.307. The van der Waals surface area contributed by atoms with Crippen molar-refractivity contribution in [3.05, 3.63) is 59.1 Å². The molecule has 100 valence electrons. The third-order valence-corrected chi connectivity index (χ3v) is 3.33. The molecule has 1 aromatic rings. The van der Waals surface area contributed by atoms with Gasteiger partial charge in [-0.05, 0) is 55.7 Å². The van der Waals surface area contributed by atoms with Crippen molar-refractivity contribution in [3.63, 3.8) is 0 Å². The molecular formula is C17H21NO. The maximum Gasteiger partial charge on any atom is 0.123 e. The number of allylic oxidation sites excluding steroid dienone is 4. The Kier molecular flexibility index (Phi) is 4.10. The van der Waals surface area contributed by atoms with Crippen LogP contribution in [0, 0.1) is 0 Å². The van der Waals surface area contributed by atoms with Crippen LogP contribution in [0.2, 0.25) is 0 Å². The van der Waals surface area contributed by atoms with Gasteiger partial charge in [-0.1, -0.05) is 18.2 Å². The van der Waals surface area contributed by atoms with Crippen LogP contribution in [0.3, 0.4) is 0 Å². The number of hydrogen-bond acceptors (Lipinski definition) is 2. The smallest absolute Gasteiger partial charge is 0.123 e. The molecule has 0 bridgehead atoms. The first-order chi connectivity index (χ1) is 9.06. The van der Waals surface area contributed by atoms with Gasteiger partial charge in [-0.3, -0.25) is 0 Å². The van der Waals surface area contributed by atoms with E-state index < -0.39 is 0 Å². The Morgan fingerprint density at radius 2 is 1.74 bits per heavy atom. The van der Waals surface area contributed by atoms with Crippen molar-refractivity contribution in [1.29, 1.82) is 0 Å². The normalized spacial score (nSPS) is 15.5. The molecule has 0 saturated carbocycles. The van der Waals surface area contributed by atoms with Gasteiger partial charge in [0.05, 0.1) is 0 Å². The minimum atomic E-state index is 0.930. The Hall–Kier alpha value is -1.96. The number of nitrogens with zero attached hydrogens (tertiary/aromatic N) is 1. The van der Waals surface area contributed by atoms with E-state index in [9.17, 15) is 0 Å². The molecule has 1 heterocycles. The van der Waals surface area contributed by atoms with Crippen molar-refractivity contribution in [2.45, 2.75) is 20.3 Å². The van der Waals surface area contributed by atoms with Crippen LogP contribution >= 0.6 is 0 Å². The van der Waals surface area contributed by atoms with Gasteiger partial charge < -0.3 is 9.64 Å². The molecule has 2 rings (SSSR count). The fraction of sp³-hybridized carbons (Fsp3) is 0.294. The average molecular weight is 255 g/mol. The topological polar surface area (TPSA) is 12.5 Å². The van der Waals surface area contributed by atoms with Gasteiger partial charge in [-0.2, -0.15) is 0 Å². The van der Waals surface area contributed by atoms with E-state index in [1.807, 2.05) is 27.1 Å². The molecule has 0 amide bonds. The summed E-state index contributed by atoms with van der Waals surface area (Å²) < 4.78 is 5.73. The highest BCUT2D eigenvalue weighted by molar-refractivity contribution is 5.57. The maximum atomic E-state index is 5.73. The first-order valence-corrected chi connectivity index (χ1v) is 6.56. The third kappa shape index (κ3) is 3.50. The van der Waals surface area contributed by atoms with E-state index in [-0.39, 0.29) is 0 Å². The summed E-state index contributed by atoms with van der Waals surface area (Å²) >= 11 is 0. The predicted molar refractivity (Wildman–Crippen MR) is 82.0 cm³/mol. The Morgan fingerprint density at radius 1 is 1.05 bits per heavy atom. The molecule has 1 aromatic carbocycles. The Balaban J connectivity index is 2.03. The Labute approximate surface area is 115 Å². The molecule has 0 spiro atoms. The van der Waals surface area contributed by atoms with Crippen molar-refractivity contribution in [1.82, 2.24) is 0 Å². The van der Waals surface area contributed by atoms with Crippen molar-refractivity contribution >= 4 is 11.8 Å². The van der Waals surface area contributed by atoms with Gasteiger partial charge in [0.25, 0.3) is 0 Å². The van der Waals surface area contributed by atoms with Gasteiger partial charge in [-0.15, -0.1) is 0 Å². The second-order valence-electron chi connectivity index (χ2n) is 5.07. The van der Waals surface area contributed by atoms with Crippen LogP contribution in [-0.2, 0) is 4.74 Å². The summed E-state index contributed by atoms with van der Waals surface area (Å²) in [5.74, 6) is 1.95. The van der Waals surface area contributed by atoms with Gasteiger partial charge in [0, 0.05) is 19.8 Å². The maximum absolute atomic E-state index is 5.73. The van der Waals surface area contributed by atoms with Gasteiger partial charge in [0.1, 0.15) is 11.5 Å². The number of ether oxygens (including phenoxy) is 1. The molecule has 0 N–H and O–H groups in total. The molecule has 0 atom stereocenters. The minimum absolute atomic E-state index is 0.930. The first kappa shape index (κ1) is 13.5. The molecular weight excluding hydrogens is 234 g/mol. The van der Waals surface area contributed by atoms with E-state index in [0.717, 1.165) is 17.9 Å². The fourth-order valence-electron chi connectivity index (χ4n) is 1.87. The van der Waals surface area contributed by atoms with E-state index in [1.165, 1.54) is 16.8 Å². The molecule has 1 aliphatic rings. The van der Waals surface area contributed by atoms with E-state index in [2.05, 4.69) is 48.2 Å². The van der Waals surface area contributed by atoms with E-state index >= 15 is 0 Å². The Morgan fingerprint density at radius 3 is 2.32 bits per heavy atom. The summed E-state index contributed by atoms with van der Waals surface area (Å²) in [5, 5.41) is 0. The summed E-state index contributed by atoms with van der Waals surface area (Å²) in [6.07, 6.45) is 7.21. The number of benzene rings is 1. The van der Waals surface area contributed by atoms with Gasteiger partial charge >= 0.3 is 0 Å². The zero-order chi connectivity index (χ0) is 13.8. The lowest BCUT2D eigenvalue weighted by Gasteiger charge is -2.15. The summed E-state index contributed by atoms with van der Waals surface area (Å²) in [4.78, 5) is 2.09.